The number of carboxylic acid groups (broad SMARTS) is 1. The number of rotatable bonds is 5. The minimum Gasteiger partial charge on any atom is -0.481 e. The first-order chi connectivity index (χ1) is 6.63. The maximum Gasteiger partial charge on any atom is 0.304 e. The van der Waals surface area contributed by atoms with E-state index in [0.717, 1.165) is 25.9 Å². The van der Waals surface area contributed by atoms with Crippen LogP contribution in [0.1, 0.15) is 26.2 Å². The minimum absolute atomic E-state index is 0.185. The molecule has 0 aliphatic carbocycles. The van der Waals surface area contributed by atoms with Gasteiger partial charge in [0.25, 0.3) is 0 Å². The van der Waals surface area contributed by atoms with E-state index in [1.165, 1.54) is 0 Å². The molecule has 0 saturated carbocycles. The molecule has 0 amide bonds. The van der Waals surface area contributed by atoms with Crippen LogP contribution in [0.15, 0.2) is 0 Å². The summed E-state index contributed by atoms with van der Waals surface area (Å²) in [6, 6.07) is 0.213. The Bertz CT molecular complexity index is 196. The smallest absolute Gasteiger partial charge is 0.304 e. The Labute approximate surface area is 84.8 Å². The Hall–Kier alpha value is -0.610. The van der Waals surface area contributed by atoms with Crippen LogP contribution in [0.5, 0.6) is 0 Å². The van der Waals surface area contributed by atoms with E-state index in [9.17, 15) is 4.79 Å². The number of methoxy groups -OCH3 is 1. The van der Waals surface area contributed by atoms with Crippen LogP contribution in [-0.2, 0) is 9.53 Å². The van der Waals surface area contributed by atoms with E-state index in [-0.39, 0.29) is 18.6 Å². The third kappa shape index (κ3) is 3.27. The Balaban J connectivity index is 2.38. The van der Waals surface area contributed by atoms with Crippen LogP contribution in [0.2, 0.25) is 0 Å². The summed E-state index contributed by atoms with van der Waals surface area (Å²) in [7, 11) is 1.69. The van der Waals surface area contributed by atoms with Crippen molar-refractivity contribution in [1.29, 1.82) is 0 Å². The number of carbonyl (C=O) groups is 1. The lowest BCUT2D eigenvalue weighted by Gasteiger charge is -2.25. The molecule has 82 valence electrons. The molecule has 0 aromatic carbocycles. The zero-order valence-electron chi connectivity index (χ0n) is 8.90. The fourth-order valence-electron chi connectivity index (χ4n) is 1.97. The SMILES string of the molecule is COC(C)CN1CCCC1CC(=O)O. The molecule has 1 aliphatic rings. The van der Waals surface area contributed by atoms with Gasteiger partial charge in [-0.1, -0.05) is 0 Å². The molecule has 1 heterocycles. The van der Waals surface area contributed by atoms with Crippen LogP contribution < -0.4 is 0 Å². The van der Waals surface area contributed by atoms with Gasteiger partial charge in [0.2, 0.25) is 0 Å². The van der Waals surface area contributed by atoms with E-state index >= 15 is 0 Å². The van der Waals surface area contributed by atoms with E-state index in [1.54, 1.807) is 7.11 Å². The Morgan fingerprint density at radius 3 is 3.00 bits per heavy atom. The average molecular weight is 201 g/mol. The van der Waals surface area contributed by atoms with Crippen molar-refractivity contribution in [2.75, 3.05) is 20.2 Å². The number of likely N-dealkylation sites (tertiary alicyclic amines) is 1. The van der Waals surface area contributed by atoms with Crippen LogP contribution in [0, 0.1) is 0 Å². The molecule has 0 radical (unpaired) electrons. The van der Waals surface area contributed by atoms with Crippen LogP contribution in [-0.4, -0.2) is 48.3 Å². The van der Waals surface area contributed by atoms with Crippen molar-refractivity contribution in [2.24, 2.45) is 0 Å². The van der Waals surface area contributed by atoms with Gasteiger partial charge >= 0.3 is 5.97 Å². The molecule has 1 N–H and O–H groups in total. The molecule has 2 atom stereocenters. The van der Waals surface area contributed by atoms with Crippen molar-refractivity contribution in [2.45, 2.75) is 38.3 Å². The summed E-state index contributed by atoms with van der Waals surface area (Å²) in [6.45, 7) is 3.86. The van der Waals surface area contributed by atoms with Gasteiger partial charge < -0.3 is 9.84 Å². The Morgan fingerprint density at radius 1 is 1.71 bits per heavy atom. The van der Waals surface area contributed by atoms with Gasteiger partial charge in [0.1, 0.15) is 0 Å². The van der Waals surface area contributed by atoms with Crippen molar-refractivity contribution in [3.8, 4) is 0 Å². The second kappa shape index (κ2) is 5.32. The van der Waals surface area contributed by atoms with Crippen LogP contribution >= 0.6 is 0 Å². The number of carboxylic acids is 1. The molecule has 1 fully saturated rings. The van der Waals surface area contributed by atoms with Crippen LogP contribution in [0.25, 0.3) is 0 Å². The molecule has 0 spiro atoms. The van der Waals surface area contributed by atoms with Gasteiger partial charge in [0.05, 0.1) is 12.5 Å². The van der Waals surface area contributed by atoms with Gasteiger partial charge in [-0.05, 0) is 26.3 Å². The van der Waals surface area contributed by atoms with Crippen LogP contribution in [0.4, 0.5) is 0 Å². The zero-order chi connectivity index (χ0) is 10.6. The van der Waals surface area contributed by atoms with Gasteiger partial charge in [-0.2, -0.15) is 0 Å². The van der Waals surface area contributed by atoms with Gasteiger partial charge in [-0.15, -0.1) is 0 Å². The average Bonchev–Trinajstić information content (AvgIpc) is 2.52. The van der Waals surface area contributed by atoms with E-state index in [2.05, 4.69) is 4.90 Å². The maximum absolute atomic E-state index is 10.6. The largest absolute Gasteiger partial charge is 0.481 e. The Kier molecular flexibility index (Phi) is 4.35. The Morgan fingerprint density at radius 2 is 2.43 bits per heavy atom. The second-order valence-electron chi connectivity index (χ2n) is 3.94. The summed E-state index contributed by atoms with van der Waals surface area (Å²) in [5.41, 5.74) is 0. The first-order valence-corrected chi connectivity index (χ1v) is 5.12. The minimum atomic E-state index is -0.702. The summed E-state index contributed by atoms with van der Waals surface area (Å²) in [5, 5.41) is 8.73. The first-order valence-electron chi connectivity index (χ1n) is 5.12. The van der Waals surface area contributed by atoms with E-state index in [4.69, 9.17) is 9.84 Å². The monoisotopic (exact) mass is 201 g/mol. The molecule has 4 nitrogen and oxygen atoms in total. The van der Waals surface area contributed by atoms with Crippen molar-refractivity contribution in [3.63, 3.8) is 0 Å². The number of hydrogen-bond donors (Lipinski definition) is 1. The number of ether oxygens (including phenoxy) is 1. The summed E-state index contributed by atoms with van der Waals surface area (Å²) >= 11 is 0. The molecule has 0 aromatic heterocycles. The van der Waals surface area contributed by atoms with E-state index < -0.39 is 5.97 Å². The molecule has 4 heteroatoms. The third-order valence-corrected chi connectivity index (χ3v) is 2.80. The maximum atomic E-state index is 10.6. The fourth-order valence-corrected chi connectivity index (χ4v) is 1.97. The quantitative estimate of drug-likeness (QED) is 0.719. The van der Waals surface area contributed by atoms with Gasteiger partial charge in [-0.25, -0.2) is 0 Å². The molecule has 1 saturated heterocycles. The predicted octanol–water partition coefficient (Wildman–Crippen LogP) is 0.960. The topological polar surface area (TPSA) is 49.8 Å². The zero-order valence-corrected chi connectivity index (χ0v) is 8.90. The van der Waals surface area contributed by atoms with Gasteiger partial charge in [0, 0.05) is 19.7 Å². The summed E-state index contributed by atoms with van der Waals surface area (Å²) < 4.78 is 5.18. The molecular weight excluding hydrogens is 182 g/mol. The molecule has 1 rings (SSSR count). The van der Waals surface area contributed by atoms with E-state index in [1.807, 2.05) is 6.92 Å². The van der Waals surface area contributed by atoms with Crippen molar-refractivity contribution >= 4 is 5.97 Å². The molecule has 2 unspecified atom stereocenters. The highest BCUT2D eigenvalue weighted by molar-refractivity contribution is 5.67. The normalized spacial score (nSPS) is 25.1. The van der Waals surface area contributed by atoms with Crippen molar-refractivity contribution in [1.82, 2.24) is 4.90 Å². The molecule has 1 aliphatic heterocycles. The van der Waals surface area contributed by atoms with Gasteiger partial charge in [0.15, 0.2) is 0 Å². The second-order valence-corrected chi connectivity index (χ2v) is 3.94. The summed E-state index contributed by atoms with van der Waals surface area (Å²) in [5.74, 6) is -0.702. The van der Waals surface area contributed by atoms with E-state index in [0.29, 0.717) is 0 Å². The molecular formula is C10H19NO3. The van der Waals surface area contributed by atoms with Crippen molar-refractivity contribution < 1.29 is 14.6 Å². The molecule has 0 bridgehead atoms. The summed E-state index contributed by atoms with van der Waals surface area (Å²) in [4.78, 5) is 12.8. The summed E-state index contributed by atoms with van der Waals surface area (Å²) in [6.07, 6.45) is 2.55. The predicted molar refractivity (Wildman–Crippen MR) is 53.3 cm³/mol. The molecule has 0 aromatic rings. The lowest BCUT2D eigenvalue weighted by atomic mass is 10.1. The van der Waals surface area contributed by atoms with Gasteiger partial charge in [-0.3, -0.25) is 9.69 Å². The van der Waals surface area contributed by atoms with Crippen LogP contribution in [0.3, 0.4) is 0 Å². The standard InChI is InChI=1S/C10H19NO3/c1-8(14-2)7-11-5-3-4-9(11)6-10(12)13/h8-9H,3-7H2,1-2H3,(H,12,13). The highest BCUT2D eigenvalue weighted by atomic mass is 16.5. The highest BCUT2D eigenvalue weighted by Gasteiger charge is 2.27. The highest BCUT2D eigenvalue weighted by Crippen LogP contribution is 2.20. The number of hydrogen-bond acceptors (Lipinski definition) is 3. The van der Waals surface area contributed by atoms with Crippen molar-refractivity contribution in [3.05, 3.63) is 0 Å². The first kappa shape index (κ1) is 11.5. The number of aliphatic carboxylic acids is 1. The fraction of sp³-hybridized carbons (Fsp3) is 0.900. The lowest BCUT2D eigenvalue weighted by Crippen LogP contribution is -2.37. The number of nitrogens with zero attached hydrogens (tertiary/aromatic N) is 1. The third-order valence-electron chi connectivity index (χ3n) is 2.80. The lowest BCUT2D eigenvalue weighted by molar-refractivity contribution is -0.138. The molecule has 14 heavy (non-hydrogen) atoms.